The van der Waals surface area contributed by atoms with Crippen LogP contribution in [-0.2, 0) is 11.2 Å². The highest BCUT2D eigenvalue weighted by Gasteiger charge is 2.21. The molecule has 26 heavy (non-hydrogen) atoms. The maximum Gasteiger partial charge on any atom is 0.260 e. The molecule has 0 radical (unpaired) electrons. The number of benzene rings is 2. The third-order valence-corrected chi connectivity index (χ3v) is 4.71. The fourth-order valence-electron chi connectivity index (χ4n) is 3.05. The van der Waals surface area contributed by atoms with Gasteiger partial charge in [-0.2, -0.15) is 0 Å². The summed E-state index contributed by atoms with van der Waals surface area (Å²) in [6, 6.07) is 17.7. The Hall–Kier alpha value is -2.53. The summed E-state index contributed by atoms with van der Waals surface area (Å²) in [4.78, 5) is 16.6. The molecule has 0 N–H and O–H groups in total. The van der Waals surface area contributed by atoms with Crippen molar-refractivity contribution in [3.8, 4) is 11.5 Å². The number of hydrogen-bond acceptors (Lipinski definition) is 4. The van der Waals surface area contributed by atoms with Gasteiger partial charge in [0.05, 0.1) is 7.11 Å². The number of nitrogens with zero attached hydrogens (tertiary/aromatic N) is 2. The number of rotatable bonds is 7. The molecular weight excluding hydrogens is 328 g/mol. The number of para-hydroxylation sites is 1. The molecule has 0 spiro atoms. The van der Waals surface area contributed by atoms with Crippen LogP contribution in [0.3, 0.4) is 0 Å². The van der Waals surface area contributed by atoms with E-state index in [-0.39, 0.29) is 12.5 Å². The highest BCUT2D eigenvalue weighted by Crippen LogP contribution is 2.13. The van der Waals surface area contributed by atoms with E-state index in [4.69, 9.17) is 9.47 Å². The number of carbonyl (C=O) groups excluding carboxylic acids is 1. The van der Waals surface area contributed by atoms with Gasteiger partial charge in [-0.05, 0) is 36.2 Å². The average molecular weight is 354 g/mol. The second-order valence-electron chi connectivity index (χ2n) is 6.42. The van der Waals surface area contributed by atoms with E-state index in [0.29, 0.717) is 0 Å². The molecule has 1 heterocycles. The van der Waals surface area contributed by atoms with Gasteiger partial charge in [0, 0.05) is 32.7 Å². The molecule has 2 aromatic rings. The molecule has 1 amide bonds. The molecule has 0 saturated carbocycles. The van der Waals surface area contributed by atoms with E-state index in [2.05, 4.69) is 17.0 Å². The molecule has 0 aliphatic carbocycles. The van der Waals surface area contributed by atoms with Crippen LogP contribution in [0.2, 0.25) is 0 Å². The van der Waals surface area contributed by atoms with Gasteiger partial charge >= 0.3 is 0 Å². The standard InChI is InChI=1S/C21H26N2O3/c1-25-19-9-7-18(8-10-19)11-12-22-13-15-23(16-14-22)21(24)17-26-20-5-3-2-4-6-20/h2-10H,11-17H2,1H3. The first-order valence-electron chi connectivity index (χ1n) is 9.05. The zero-order chi connectivity index (χ0) is 18.2. The van der Waals surface area contributed by atoms with Crippen LogP contribution in [0.1, 0.15) is 5.56 Å². The molecule has 2 aromatic carbocycles. The summed E-state index contributed by atoms with van der Waals surface area (Å²) in [7, 11) is 1.68. The fraction of sp³-hybridized carbons (Fsp3) is 0.381. The second-order valence-corrected chi connectivity index (χ2v) is 6.42. The van der Waals surface area contributed by atoms with Crippen LogP contribution in [-0.4, -0.2) is 62.1 Å². The maximum absolute atomic E-state index is 12.3. The number of ether oxygens (including phenoxy) is 2. The minimum absolute atomic E-state index is 0.0589. The van der Waals surface area contributed by atoms with E-state index in [1.165, 1.54) is 5.56 Å². The SMILES string of the molecule is COc1ccc(CCN2CCN(C(=O)COc3ccccc3)CC2)cc1. The third kappa shape index (κ3) is 5.23. The Kier molecular flexibility index (Phi) is 6.50. The Balaban J connectivity index is 1.37. The van der Waals surface area contributed by atoms with E-state index in [0.717, 1.165) is 50.6 Å². The normalized spacial score (nSPS) is 14.9. The minimum Gasteiger partial charge on any atom is -0.497 e. The molecule has 1 aliphatic rings. The maximum atomic E-state index is 12.3. The van der Waals surface area contributed by atoms with Gasteiger partial charge < -0.3 is 14.4 Å². The summed E-state index contributed by atoms with van der Waals surface area (Å²) in [5.41, 5.74) is 1.31. The molecule has 1 saturated heterocycles. The van der Waals surface area contributed by atoms with Crippen LogP contribution in [0.15, 0.2) is 54.6 Å². The van der Waals surface area contributed by atoms with Crippen molar-refractivity contribution in [2.24, 2.45) is 0 Å². The Morgan fingerprint density at radius 2 is 1.62 bits per heavy atom. The topological polar surface area (TPSA) is 42.0 Å². The average Bonchev–Trinajstić information content (AvgIpc) is 2.72. The first-order chi connectivity index (χ1) is 12.7. The number of carbonyl (C=O) groups is 1. The quantitative estimate of drug-likeness (QED) is 0.766. The molecule has 1 fully saturated rings. The van der Waals surface area contributed by atoms with E-state index < -0.39 is 0 Å². The minimum atomic E-state index is 0.0589. The molecule has 0 unspecified atom stereocenters. The van der Waals surface area contributed by atoms with Gasteiger partial charge in [0.25, 0.3) is 5.91 Å². The zero-order valence-electron chi connectivity index (χ0n) is 15.3. The van der Waals surface area contributed by atoms with E-state index in [1.807, 2.05) is 47.4 Å². The molecule has 5 heteroatoms. The number of methoxy groups -OCH3 is 1. The van der Waals surface area contributed by atoms with E-state index >= 15 is 0 Å². The van der Waals surface area contributed by atoms with Crippen LogP contribution >= 0.6 is 0 Å². The van der Waals surface area contributed by atoms with Crippen molar-refractivity contribution >= 4 is 5.91 Å². The van der Waals surface area contributed by atoms with Gasteiger partial charge in [-0.3, -0.25) is 9.69 Å². The first kappa shape index (κ1) is 18.3. The monoisotopic (exact) mass is 354 g/mol. The van der Waals surface area contributed by atoms with Crippen molar-refractivity contribution in [3.05, 3.63) is 60.2 Å². The molecule has 138 valence electrons. The molecule has 3 rings (SSSR count). The van der Waals surface area contributed by atoms with Crippen LogP contribution in [0.5, 0.6) is 11.5 Å². The predicted molar refractivity (Wildman–Crippen MR) is 102 cm³/mol. The van der Waals surface area contributed by atoms with Crippen molar-refractivity contribution in [2.75, 3.05) is 46.4 Å². The molecule has 0 aromatic heterocycles. The zero-order valence-corrected chi connectivity index (χ0v) is 15.3. The van der Waals surface area contributed by atoms with Crippen molar-refractivity contribution in [1.29, 1.82) is 0 Å². The Labute approximate surface area is 155 Å². The van der Waals surface area contributed by atoms with Crippen molar-refractivity contribution in [3.63, 3.8) is 0 Å². The largest absolute Gasteiger partial charge is 0.497 e. The summed E-state index contributed by atoms with van der Waals surface area (Å²) in [5, 5.41) is 0. The molecule has 0 bridgehead atoms. The lowest BCUT2D eigenvalue weighted by atomic mass is 10.1. The molecule has 5 nitrogen and oxygen atoms in total. The van der Waals surface area contributed by atoms with Crippen molar-refractivity contribution in [2.45, 2.75) is 6.42 Å². The Morgan fingerprint density at radius 3 is 2.27 bits per heavy atom. The van der Waals surface area contributed by atoms with Crippen LogP contribution in [0.4, 0.5) is 0 Å². The molecule has 1 aliphatic heterocycles. The highest BCUT2D eigenvalue weighted by molar-refractivity contribution is 5.77. The van der Waals surface area contributed by atoms with Gasteiger partial charge in [0.1, 0.15) is 11.5 Å². The Morgan fingerprint density at radius 1 is 0.923 bits per heavy atom. The van der Waals surface area contributed by atoms with Crippen LogP contribution < -0.4 is 9.47 Å². The highest BCUT2D eigenvalue weighted by atomic mass is 16.5. The van der Waals surface area contributed by atoms with E-state index in [1.54, 1.807) is 7.11 Å². The fourth-order valence-corrected chi connectivity index (χ4v) is 3.05. The summed E-state index contributed by atoms with van der Waals surface area (Å²) in [5.74, 6) is 1.68. The smallest absolute Gasteiger partial charge is 0.260 e. The number of amides is 1. The summed E-state index contributed by atoms with van der Waals surface area (Å²) >= 11 is 0. The van der Waals surface area contributed by atoms with Gasteiger partial charge in [-0.15, -0.1) is 0 Å². The van der Waals surface area contributed by atoms with Gasteiger partial charge in [0.2, 0.25) is 0 Å². The lowest BCUT2D eigenvalue weighted by Gasteiger charge is -2.34. The van der Waals surface area contributed by atoms with Gasteiger partial charge in [0.15, 0.2) is 6.61 Å². The second kappa shape index (κ2) is 9.25. The van der Waals surface area contributed by atoms with Crippen molar-refractivity contribution < 1.29 is 14.3 Å². The molecular formula is C21H26N2O3. The van der Waals surface area contributed by atoms with Crippen LogP contribution in [0, 0.1) is 0 Å². The first-order valence-corrected chi connectivity index (χ1v) is 9.05. The predicted octanol–water partition coefficient (Wildman–Crippen LogP) is 2.46. The third-order valence-electron chi connectivity index (χ3n) is 4.71. The van der Waals surface area contributed by atoms with Gasteiger partial charge in [-0.25, -0.2) is 0 Å². The Bertz CT molecular complexity index is 680. The lowest BCUT2D eigenvalue weighted by Crippen LogP contribution is -2.50. The van der Waals surface area contributed by atoms with Crippen LogP contribution in [0.25, 0.3) is 0 Å². The summed E-state index contributed by atoms with van der Waals surface area (Å²) in [6.07, 6.45) is 1.01. The van der Waals surface area contributed by atoms with Crippen molar-refractivity contribution in [1.82, 2.24) is 9.80 Å². The van der Waals surface area contributed by atoms with Gasteiger partial charge in [-0.1, -0.05) is 30.3 Å². The summed E-state index contributed by atoms with van der Waals surface area (Å²) in [6.45, 7) is 4.46. The lowest BCUT2D eigenvalue weighted by molar-refractivity contribution is -0.135. The number of hydrogen-bond donors (Lipinski definition) is 0. The van der Waals surface area contributed by atoms with E-state index in [9.17, 15) is 4.79 Å². The molecule has 0 atom stereocenters. The summed E-state index contributed by atoms with van der Waals surface area (Å²) < 4.78 is 10.7. The number of piperazine rings is 1.